The lowest BCUT2D eigenvalue weighted by Gasteiger charge is -2.29. The molecule has 2 aromatic rings. The molecule has 2 N–H and O–H groups in total. The standard InChI is InChI=1S/C12H15N3O2S/c16-18(17)11-8-9-2-1-3-10(12(9)14-11)15-6-4-13-5-7-15/h1-3,8,13-14H,4-7H2,(H,16,17)/p-1. The van der Waals surface area contributed by atoms with Crippen LogP contribution in [0.3, 0.4) is 0 Å². The number of hydrogen-bond acceptors (Lipinski definition) is 4. The number of aromatic nitrogens is 1. The van der Waals surface area contributed by atoms with E-state index in [0.29, 0.717) is 0 Å². The van der Waals surface area contributed by atoms with E-state index in [1.807, 2.05) is 18.2 Å². The van der Waals surface area contributed by atoms with Crippen molar-refractivity contribution in [3.63, 3.8) is 0 Å². The average molecular weight is 264 g/mol. The van der Waals surface area contributed by atoms with E-state index in [0.717, 1.165) is 42.8 Å². The first-order valence-corrected chi connectivity index (χ1v) is 7.00. The Labute approximate surface area is 107 Å². The van der Waals surface area contributed by atoms with Crippen LogP contribution in [-0.4, -0.2) is 39.9 Å². The topological polar surface area (TPSA) is 71.2 Å². The van der Waals surface area contributed by atoms with Gasteiger partial charge in [0.05, 0.1) is 16.2 Å². The lowest BCUT2D eigenvalue weighted by atomic mass is 10.2. The van der Waals surface area contributed by atoms with Gasteiger partial charge in [0.25, 0.3) is 0 Å². The minimum absolute atomic E-state index is 0.243. The number of piperazine rings is 1. The van der Waals surface area contributed by atoms with E-state index in [-0.39, 0.29) is 5.03 Å². The highest BCUT2D eigenvalue weighted by molar-refractivity contribution is 7.79. The van der Waals surface area contributed by atoms with Crippen LogP contribution < -0.4 is 10.2 Å². The number of aromatic amines is 1. The third-order valence-electron chi connectivity index (χ3n) is 3.25. The van der Waals surface area contributed by atoms with Gasteiger partial charge in [0.1, 0.15) is 0 Å². The zero-order valence-electron chi connectivity index (χ0n) is 9.81. The van der Waals surface area contributed by atoms with Gasteiger partial charge in [-0.3, -0.25) is 4.21 Å². The molecule has 1 fully saturated rings. The summed E-state index contributed by atoms with van der Waals surface area (Å²) in [4.78, 5) is 5.26. The minimum atomic E-state index is -2.21. The molecule has 0 aliphatic carbocycles. The number of anilines is 1. The van der Waals surface area contributed by atoms with E-state index in [1.54, 1.807) is 6.07 Å². The minimum Gasteiger partial charge on any atom is -0.767 e. The van der Waals surface area contributed by atoms with Gasteiger partial charge in [0.2, 0.25) is 0 Å². The molecule has 1 aromatic carbocycles. The van der Waals surface area contributed by atoms with Crippen LogP contribution in [0, 0.1) is 0 Å². The number of fused-ring (bicyclic) bond motifs is 1. The molecule has 2 heterocycles. The van der Waals surface area contributed by atoms with Crippen molar-refractivity contribution in [1.82, 2.24) is 10.3 Å². The van der Waals surface area contributed by atoms with Gasteiger partial charge < -0.3 is 19.8 Å². The molecule has 18 heavy (non-hydrogen) atoms. The molecule has 0 amide bonds. The first kappa shape index (κ1) is 11.7. The molecule has 0 radical (unpaired) electrons. The summed E-state index contributed by atoms with van der Waals surface area (Å²) in [6.45, 7) is 3.79. The molecule has 0 spiro atoms. The van der Waals surface area contributed by atoms with Crippen LogP contribution in [0.2, 0.25) is 0 Å². The van der Waals surface area contributed by atoms with Gasteiger partial charge in [0.15, 0.2) is 0 Å². The second kappa shape index (κ2) is 4.72. The fraction of sp³-hybridized carbons (Fsp3) is 0.333. The van der Waals surface area contributed by atoms with Crippen molar-refractivity contribution in [2.75, 3.05) is 31.1 Å². The number of hydrogen-bond donors (Lipinski definition) is 2. The smallest absolute Gasteiger partial charge is 0.0906 e. The molecule has 96 valence electrons. The summed E-state index contributed by atoms with van der Waals surface area (Å²) in [5, 5.41) is 4.48. The SMILES string of the molecule is O=S([O-])c1cc2cccc(N3CCNCC3)c2[nH]1. The summed E-state index contributed by atoms with van der Waals surface area (Å²) in [6.07, 6.45) is 0. The summed E-state index contributed by atoms with van der Waals surface area (Å²) in [7, 11) is 0. The maximum absolute atomic E-state index is 11.0. The monoisotopic (exact) mass is 264 g/mol. The van der Waals surface area contributed by atoms with Crippen molar-refractivity contribution in [3.05, 3.63) is 24.3 Å². The van der Waals surface area contributed by atoms with Crippen molar-refractivity contribution < 1.29 is 8.76 Å². The molecule has 1 aromatic heterocycles. The van der Waals surface area contributed by atoms with E-state index in [4.69, 9.17) is 0 Å². The van der Waals surface area contributed by atoms with E-state index in [9.17, 15) is 8.76 Å². The van der Waals surface area contributed by atoms with Crippen LogP contribution in [0.5, 0.6) is 0 Å². The molecule has 1 saturated heterocycles. The maximum atomic E-state index is 11.0. The number of nitrogens with zero attached hydrogens (tertiary/aromatic N) is 1. The van der Waals surface area contributed by atoms with Crippen LogP contribution in [-0.2, 0) is 11.1 Å². The van der Waals surface area contributed by atoms with Crippen molar-refractivity contribution in [3.8, 4) is 0 Å². The molecular weight excluding hydrogens is 250 g/mol. The van der Waals surface area contributed by atoms with Crippen molar-refractivity contribution in [2.45, 2.75) is 5.03 Å². The molecular formula is C12H14N3O2S-. The van der Waals surface area contributed by atoms with E-state index in [2.05, 4.69) is 15.2 Å². The first-order chi connectivity index (χ1) is 8.75. The Morgan fingerprint density at radius 2 is 2.06 bits per heavy atom. The fourth-order valence-electron chi connectivity index (χ4n) is 2.37. The van der Waals surface area contributed by atoms with E-state index >= 15 is 0 Å². The maximum Gasteiger partial charge on any atom is 0.0906 e. The number of para-hydroxylation sites is 1. The van der Waals surface area contributed by atoms with Crippen LogP contribution in [0.1, 0.15) is 0 Å². The third-order valence-corrected chi connectivity index (χ3v) is 3.83. The molecule has 1 unspecified atom stereocenters. The Morgan fingerprint density at radius 3 is 2.78 bits per heavy atom. The summed E-state index contributed by atoms with van der Waals surface area (Å²) >= 11 is -2.21. The summed E-state index contributed by atoms with van der Waals surface area (Å²) < 4.78 is 22.0. The molecule has 1 atom stereocenters. The Kier molecular flexibility index (Phi) is 3.07. The van der Waals surface area contributed by atoms with Gasteiger partial charge in [-0.1, -0.05) is 12.1 Å². The highest BCUT2D eigenvalue weighted by Crippen LogP contribution is 2.27. The number of H-pyrrole nitrogens is 1. The molecule has 1 aliphatic heterocycles. The van der Waals surface area contributed by atoms with Gasteiger partial charge >= 0.3 is 0 Å². The number of rotatable bonds is 2. The Balaban J connectivity index is 2.07. The summed E-state index contributed by atoms with van der Waals surface area (Å²) in [5.41, 5.74) is 1.98. The van der Waals surface area contributed by atoms with Crippen molar-refractivity contribution in [2.24, 2.45) is 0 Å². The van der Waals surface area contributed by atoms with Gasteiger partial charge in [-0.15, -0.1) is 0 Å². The molecule has 5 nitrogen and oxygen atoms in total. The van der Waals surface area contributed by atoms with E-state index < -0.39 is 11.1 Å². The van der Waals surface area contributed by atoms with Crippen LogP contribution in [0.15, 0.2) is 29.3 Å². The second-order valence-electron chi connectivity index (χ2n) is 4.35. The van der Waals surface area contributed by atoms with Gasteiger partial charge in [-0.05, 0) is 23.2 Å². The van der Waals surface area contributed by atoms with Crippen LogP contribution >= 0.6 is 0 Å². The predicted octanol–water partition coefficient (Wildman–Crippen LogP) is 0.815. The Hall–Kier alpha value is -1.37. The Bertz CT molecular complexity index is 590. The second-order valence-corrected chi connectivity index (χ2v) is 5.26. The van der Waals surface area contributed by atoms with Gasteiger partial charge in [-0.2, -0.15) is 0 Å². The summed E-state index contributed by atoms with van der Waals surface area (Å²) in [6, 6.07) is 7.59. The molecule has 1 aliphatic rings. The third kappa shape index (κ3) is 2.03. The van der Waals surface area contributed by atoms with Crippen molar-refractivity contribution in [1.29, 1.82) is 0 Å². The number of benzene rings is 1. The normalized spacial score (nSPS) is 18.2. The first-order valence-electron chi connectivity index (χ1n) is 5.92. The van der Waals surface area contributed by atoms with Gasteiger partial charge in [-0.25, -0.2) is 0 Å². The van der Waals surface area contributed by atoms with Crippen molar-refractivity contribution >= 4 is 27.7 Å². The average Bonchev–Trinajstić information content (AvgIpc) is 2.83. The largest absolute Gasteiger partial charge is 0.767 e. The zero-order chi connectivity index (χ0) is 12.5. The van der Waals surface area contributed by atoms with Gasteiger partial charge in [0, 0.05) is 31.6 Å². The molecule has 0 saturated carbocycles. The van der Waals surface area contributed by atoms with E-state index in [1.165, 1.54) is 0 Å². The van der Waals surface area contributed by atoms with Crippen LogP contribution in [0.4, 0.5) is 5.69 Å². The number of nitrogens with one attached hydrogen (secondary N) is 2. The highest BCUT2D eigenvalue weighted by atomic mass is 32.2. The predicted molar refractivity (Wildman–Crippen MR) is 70.6 cm³/mol. The lowest BCUT2D eigenvalue weighted by Crippen LogP contribution is -2.43. The Morgan fingerprint density at radius 1 is 1.28 bits per heavy atom. The quantitative estimate of drug-likeness (QED) is 0.788. The molecule has 0 bridgehead atoms. The molecule has 3 rings (SSSR count). The highest BCUT2D eigenvalue weighted by Gasteiger charge is 2.14. The fourth-order valence-corrected chi connectivity index (χ4v) is 2.78. The summed E-state index contributed by atoms with van der Waals surface area (Å²) in [5.74, 6) is 0. The molecule has 6 heteroatoms. The van der Waals surface area contributed by atoms with Crippen LogP contribution in [0.25, 0.3) is 10.9 Å². The lowest BCUT2D eigenvalue weighted by molar-refractivity contribution is 0.534. The zero-order valence-corrected chi connectivity index (χ0v) is 10.6.